The fourth-order valence-corrected chi connectivity index (χ4v) is 2.34. The highest BCUT2D eigenvalue weighted by atomic mass is 35.5. The maximum atomic E-state index is 12.3. The Balaban J connectivity index is 2.10. The van der Waals surface area contributed by atoms with Crippen molar-refractivity contribution in [1.82, 2.24) is 9.80 Å². The maximum Gasteiger partial charge on any atom is 0.253 e. The second-order valence-corrected chi connectivity index (χ2v) is 5.63. The van der Waals surface area contributed by atoms with Crippen LogP contribution in [-0.2, 0) is 4.79 Å². The SMILES string of the molecule is C=C(C(=O)N1CCN(C)CC1)c1ccc(S)c(Cl)c1. The molecule has 5 heteroatoms. The number of hydrogen-bond donors (Lipinski definition) is 1. The Bertz CT molecular complexity index is 510. The Kier molecular flexibility index (Phi) is 4.55. The van der Waals surface area contributed by atoms with Gasteiger partial charge in [-0.2, -0.15) is 0 Å². The normalized spacial score (nSPS) is 16.5. The van der Waals surface area contributed by atoms with Crippen molar-refractivity contribution in [3.05, 3.63) is 35.4 Å². The number of halogens is 1. The van der Waals surface area contributed by atoms with Crippen LogP contribution in [0.25, 0.3) is 5.57 Å². The molecular weight excluding hydrogens is 280 g/mol. The Morgan fingerprint density at radius 1 is 1.32 bits per heavy atom. The summed E-state index contributed by atoms with van der Waals surface area (Å²) in [5, 5.41) is 0.535. The zero-order chi connectivity index (χ0) is 14.0. The van der Waals surface area contributed by atoms with E-state index in [-0.39, 0.29) is 5.91 Å². The van der Waals surface area contributed by atoms with E-state index in [2.05, 4.69) is 31.2 Å². The molecule has 0 unspecified atom stereocenters. The van der Waals surface area contributed by atoms with Crippen LogP contribution in [0.1, 0.15) is 5.56 Å². The van der Waals surface area contributed by atoms with Crippen LogP contribution in [0.3, 0.4) is 0 Å². The third-order valence-electron chi connectivity index (χ3n) is 3.34. The molecule has 102 valence electrons. The lowest BCUT2D eigenvalue weighted by Gasteiger charge is -2.32. The summed E-state index contributed by atoms with van der Waals surface area (Å²) in [5.41, 5.74) is 1.24. The molecule has 1 aromatic rings. The highest BCUT2D eigenvalue weighted by Crippen LogP contribution is 2.25. The van der Waals surface area contributed by atoms with Crippen molar-refractivity contribution < 1.29 is 4.79 Å². The molecule has 1 aromatic carbocycles. The van der Waals surface area contributed by atoms with Gasteiger partial charge in [0.1, 0.15) is 0 Å². The number of carbonyl (C=O) groups is 1. The van der Waals surface area contributed by atoms with Gasteiger partial charge in [0.05, 0.1) is 5.02 Å². The van der Waals surface area contributed by atoms with Crippen LogP contribution in [0.5, 0.6) is 0 Å². The number of thiol groups is 1. The minimum Gasteiger partial charge on any atom is -0.336 e. The lowest BCUT2D eigenvalue weighted by molar-refractivity contribution is -0.126. The molecule has 0 aromatic heterocycles. The first kappa shape index (κ1) is 14.4. The summed E-state index contributed by atoms with van der Waals surface area (Å²) in [5.74, 6) is -0.0175. The molecule has 0 atom stereocenters. The maximum absolute atomic E-state index is 12.3. The van der Waals surface area contributed by atoms with Crippen LogP contribution in [0.2, 0.25) is 5.02 Å². The van der Waals surface area contributed by atoms with E-state index in [4.69, 9.17) is 11.6 Å². The van der Waals surface area contributed by atoms with E-state index in [1.807, 2.05) is 11.0 Å². The molecule has 0 aliphatic carbocycles. The largest absolute Gasteiger partial charge is 0.336 e. The van der Waals surface area contributed by atoms with Crippen LogP contribution >= 0.6 is 24.2 Å². The predicted octanol–water partition coefficient (Wildman–Crippen LogP) is 2.42. The summed E-state index contributed by atoms with van der Waals surface area (Å²) < 4.78 is 0. The van der Waals surface area contributed by atoms with Crippen molar-refractivity contribution in [3.8, 4) is 0 Å². The zero-order valence-electron chi connectivity index (χ0n) is 10.9. The molecule has 0 N–H and O–H groups in total. The molecule has 1 aliphatic heterocycles. The van der Waals surface area contributed by atoms with E-state index in [1.165, 1.54) is 0 Å². The molecule has 1 saturated heterocycles. The Morgan fingerprint density at radius 2 is 1.95 bits per heavy atom. The van der Waals surface area contributed by atoms with Gasteiger partial charge < -0.3 is 9.80 Å². The summed E-state index contributed by atoms with van der Waals surface area (Å²) in [4.78, 5) is 17.1. The Morgan fingerprint density at radius 3 is 2.53 bits per heavy atom. The average Bonchev–Trinajstić information content (AvgIpc) is 2.41. The molecule has 1 heterocycles. The van der Waals surface area contributed by atoms with Gasteiger partial charge in [0.2, 0.25) is 0 Å². The smallest absolute Gasteiger partial charge is 0.253 e. The van der Waals surface area contributed by atoms with E-state index >= 15 is 0 Å². The molecule has 3 nitrogen and oxygen atoms in total. The highest BCUT2D eigenvalue weighted by Gasteiger charge is 2.21. The molecule has 0 bridgehead atoms. The van der Waals surface area contributed by atoms with Gasteiger partial charge in [-0.05, 0) is 24.7 Å². The number of piperazine rings is 1. The topological polar surface area (TPSA) is 23.6 Å². The molecule has 0 radical (unpaired) electrons. The number of nitrogens with zero attached hydrogens (tertiary/aromatic N) is 2. The first-order valence-corrected chi connectivity index (χ1v) is 6.97. The van der Waals surface area contributed by atoms with Gasteiger partial charge >= 0.3 is 0 Å². The standard InChI is InChI=1S/C14H17ClN2OS/c1-10(11-3-4-13(19)12(15)9-11)14(18)17-7-5-16(2)6-8-17/h3-4,9,19H,1,5-8H2,2H3. The van der Waals surface area contributed by atoms with Gasteiger partial charge in [0.25, 0.3) is 5.91 Å². The van der Waals surface area contributed by atoms with Crippen molar-refractivity contribution in [2.75, 3.05) is 33.2 Å². The fourth-order valence-electron chi connectivity index (χ4n) is 2.02. The van der Waals surface area contributed by atoms with E-state index < -0.39 is 0 Å². The third kappa shape index (κ3) is 3.32. The summed E-state index contributed by atoms with van der Waals surface area (Å²) in [7, 11) is 2.06. The number of amides is 1. The van der Waals surface area contributed by atoms with Gasteiger partial charge in [-0.3, -0.25) is 4.79 Å². The molecule has 2 rings (SSSR count). The van der Waals surface area contributed by atoms with E-state index in [9.17, 15) is 4.79 Å². The summed E-state index contributed by atoms with van der Waals surface area (Å²) >= 11 is 10.2. The van der Waals surface area contributed by atoms with Crippen molar-refractivity contribution in [2.24, 2.45) is 0 Å². The van der Waals surface area contributed by atoms with Gasteiger partial charge in [0, 0.05) is 36.6 Å². The predicted molar refractivity (Wildman–Crippen MR) is 81.8 cm³/mol. The van der Waals surface area contributed by atoms with Crippen LogP contribution < -0.4 is 0 Å². The first-order chi connectivity index (χ1) is 8.99. The van der Waals surface area contributed by atoms with Gasteiger partial charge in [-0.25, -0.2) is 0 Å². The summed E-state index contributed by atoms with van der Waals surface area (Å²) in [6.07, 6.45) is 0. The van der Waals surface area contributed by atoms with Crippen molar-refractivity contribution in [1.29, 1.82) is 0 Å². The minimum absolute atomic E-state index is 0.0175. The number of benzene rings is 1. The Labute approximate surface area is 124 Å². The van der Waals surface area contributed by atoms with Crippen LogP contribution in [-0.4, -0.2) is 48.9 Å². The molecule has 0 saturated carbocycles. The van der Waals surface area contributed by atoms with E-state index in [0.717, 1.165) is 31.7 Å². The van der Waals surface area contributed by atoms with E-state index in [1.54, 1.807) is 12.1 Å². The van der Waals surface area contributed by atoms with Crippen molar-refractivity contribution in [3.63, 3.8) is 0 Å². The number of likely N-dealkylation sites (N-methyl/N-ethyl adjacent to an activating group) is 1. The molecule has 0 spiro atoms. The van der Waals surface area contributed by atoms with Gasteiger partial charge in [-0.1, -0.05) is 24.2 Å². The van der Waals surface area contributed by atoms with Crippen LogP contribution in [0, 0.1) is 0 Å². The van der Waals surface area contributed by atoms with E-state index in [0.29, 0.717) is 15.5 Å². The zero-order valence-corrected chi connectivity index (χ0v) is 12.5. The van der Waals surface area contributed by atoms with Gasteiger partial charge in [0.15, 0.2) is 0 Å². The second kappa shape index (κ2) is 5.99. The molecule has 1 aliphatic rings. The average molecular weight is 297 g/mol. The van der Waals surface area contributed by atoms with Crippen LogP contribution in [0.15, 0.2) is 29.7 Å². The van der Waals surface area contributed by atoms with Crippen LogP contribution in [0.4, 0.5) is 0 Å². The highest BCUT2D eigenvalue weighted by molar-refractivity contribution is 7.80. The summed E-state index contributed by atoms with van der Waals surface area (Å²) in [6, 6.07) is 5.34. The lowest BCUT2D eigenvalue weighted by atomic mass is 10.1. The number of carbonyl (C=O) groups excluding carboxylic acids is 1. The fraction of sp³-hybridized carbons (Fsp3) is 0.357. The summed E-state index contributed by atoms with van der Waals surface area (Å²) in [6.45, 7) is 7.18. The van der Waals surface area contributed by atoms with Crippen molar-refractivity contribution >= 4 is 35.7 Å². The number of rotatable bonds is 2. The quantitative estimate of drug-likeness (QED) is 0.669. The lowest BCUT2D eigenvalue weighted by Crippen LogP contribution is -2.47. The molecule has 19 heavy (non-hydrogen) atoms. The molecular formula is C14H17ClN2OS. The third-order valence-corrected chi connectivity index (χ3v) is 4.18. The molecule has 1 amide bonds. The Hall–Kier alpha value is -0.970. The minimum atomic E-state index is -0.0175. The monoisotopic (exact) mass is 296 g/mol. The van der Waals surface area contributed by atoms with Crippen molar-refractivity contribution in [2.45, 2.75) is 4.90 Å². The number of hydrogen-bond acceptors (Lipinski definition) is 3. The second-order valence-electron chi connectivity index (χ2n) is 4.74. The molecule has 1 fully saturated rings. The first-order valence-electron chi connectivity index (χ1n) is 6.14. The van der Waals surface area contributed by atoms with Gasteiger partial charge in [-0.15, -0.1) is 12.6 Å².